The minimum atomic E-state index is -5.13. The summed E-state index contributed by atoms with van der Waals surface area (Å²) < 4.78 is 106. The number of rotatable bonds is 10. The number of carbonyl (C=O) groups excluding carboxylic acids is 1. The zero-order valence-corrected chi connectivity index (χ0v) is 19.3. The molecule has 0 aliphatic rings. The summed E-state index contributed by atoms with van der Waals surface area (Å²) in [6.45, 7) is -0.574. The van der Waals surface area contributed by atoms with Crippen LogP contribution < -0.4 is 15.2 Å². The molecule has 0 heterocycles. The van der Waals surface area contributed by atoms with Crippen molar-refractivity contribution >= 4 is 31.0 Å². The molecular formula is C19H18ClF6N2O6P. The third kappa shape index (κ3) is 8.37. The van der Waals surface area contributed by atoms with Crippen LogP contribution in [0.15, 0.2) is 36.4 Å². The molecule has 0 saturated carbocycles. The van der Waals surface area contributed by atoms with Gasteiger partial charge < -0.3 is 14.9 Å². The minimum absolute atomic E-state index is 0.0553. The van der Waals surface area contributed by atoms with E-state index in [9.17, 15) is 35.7 Å². The molecule has 8 nitrogen and oxygen atoms in total. The number of halogens is 7. The van der Waals surface area contributed by atoms with Crippen molar-refractivity contribution in [3.8, 4) is 5.75 Å². The third-order valence-electron chi connectivity index (χ3n) is 4.08. The van der Waals surface area contributed by atoms with E-state index < -0.39 is 60.9 Å². The van der Waals surface area contributed by atoms with Gasteiger partial charge >= 0.3 is 20.2 Å². The van der Waals surface area contributed by atoms with Gasteiger partial charge in [-0.2, -0.15) is 26.3 Å². The molecule has 1 unspecified atom stereocenters. The van der Waals surface area contributed by atoms with Crippen LogP contribution in [0, 0.1) is 0 Å². The lowest BCUT2D eigenvalue weighted by atomic mass is 10.1. The fraction of sp³-hybridized carbons (Fsp3) is 0.316. The van der Waals surface area contributed by atoms with Crippen LogP contribution in [0.3, 0.4) is 0 Å². The summed E-state index contributed by atoms with van der Waals surface area (Å²) >= 11 is 5.86. The number of hydrogen-bond donors (Lipinski definition) is 3. The largest absolute Gasteiger partial charge is 0.531 e. The molecule has 0 fully saturated rings. The van der Waals surface area contributed by atoms with Gasteiger partial charge in [-0.05, 0) is 36.4 Å². The van der Waals surface area contributed by atoms with Crippen LogP contribution in [-0.2, 0) is 26.0 Å². The highest BCUT2D eigenvalue weighted by Gasteiger charge is 2.37. The number of aliphatic hydroxyl groups is 1. The van der Waals surface area contributed by atoms with Gasteiger partial charge in [0.25, 0.3) is 5.91 Å². The summed E-state index contributed by atoms with van der Waals surface area (Å²) in [6, 6.07) is 3.79. The van der Waals surface area contributed by atoms with Crippen LogP contribution in [0.1, 0.15) is 21.5 Å². The second-order valence-electron chi connectivity index (χ2n) is 6.61. The van der Waals surface area contributed by atoms with Gasteiger partial charge in [0.05, 0.1) is 23.3 Å². The van der Waals surface area contributed by atoms with Crippen LogP contribution in [0.2, 0.25) is 5.02 Å². The number of amides is 1. The molecular weight excluding hydrogens is 533 g/mol. The Kier molecular flexibility index (Phi) is 9.56. The zero-order chi connectivity index (χ0) is 26.4. The second-order valence-corrected chi connectivity index (χ2v) is 8.74. The molecule has 0 saturated heterocycles. The Hall–Kier alpha value is -2.35. The van der Waals surface area contributed by atoms with E-state index in [4.69, 9.17) is 30.3 Å². The average molecular weight is 551 g/mol. The molecule has 0 radical (unpaired) electrons. The standard InChI is InChI=1S/C19H18ClF6N2O6P/c1-32-35(31,33-10-27-4-5-29)34-16-3-2-13(20)9-15(16)17(30)28-14-7-11(18(21,22)23)6-12(8-14)19(24,25)26/h2-3,6-9,27,29H,4-5,10H2,1H3,(H,28,30). The number of benzene rings is 2. The second kappa shape index (κ2) is 11.6. The summed E-state index contributed by atoms with van der Waals surface area (Å²) in [5, 5.41) is 13.1. The molecule has 1 amide bonds. The molecule has 0 aliphatic heterocycles. The SMILES string of the molecule is COP(=O)(OCNCCO)Oc1ccc(Cl)cc1C(=O)Nc1cc(C(F)(F)F)cc(C(F)(F)F)c1. The number of alkyl halides is 6. The van der Waals surface area contributed by atoms with Gasteiger partial charge in [0.2, 0.25) is 0 Å². The first-order valence-corrected chi connectivity index (χ1v) is 11.2. The number of hydrogen-bond acceptors (Lipinski definition) is 7. The average Bonchev–Trinajstić information content (AvgIpc) is 2.76. The quantitative estimate of drug-likeness (QED) is 0.159. The van der Waals surface area contributed by atoms with Gasteiger partial charge in [-0.3, -0.25) is 19.2 Å². The molecule has 0 aliphatic carbocycles. The zero-order valence-electron chi connectivity index (χ0n) is 17.7. The summed E-state index contributed by atoms with van der Waals surface area (Å²) in [4.78, 5) is 12.8. The molecule has 3 N–H and O–H groups in total. The van der Waals surface area contributed by atoms with E-state index in [0.717, 1.165) is 19.2 Å². The van der Waals surface area contributed by atoms with E-state index in [1.807, 2.05) is 5.32 Å². The van der Waals surface area contributed by atoms with E-state index in [2.05, 4.69) is 5.32 Å². The van der Waals surface area contributed by atoms with Crippen molar-refractivity contribution < 1.29 is 54.4 Å². The van der Waals surface area contributed by atoms with Crippen molar-refractivity contribution in [1.29, 1.82) is 0 Å². The van der Waals surface area contributed by atoms with Gasteiger partial charge in [-0.15, -0.1) is 0 Å². The van der Waals surface area contributed by atoms with Gasteiger partial charge in [-0.25, -0.2) is 4.57 Å². The van der Waals surface area contributed by atoms with Crippen molar-refractivity contribution in [2.24, 2.45) is 0 Å². The van der Waals surface area contributed by atoms with Crippen LogP contribution in [0.25, 0.3) is 0 Å². The number of phosphoric acid groups is 1. The molecule has 1 atom stereocenters. The lowest BCUT2D eigenvalue weighted by molar-refractivity contribution is -0.143. The Morgan fingerprint density at radius 3 is 2.17 bits per heavy atom. The van der Waals surface area contributed by atoms with E-state index in [-0.39, 0.29) is 24.2 Å². The lowest BCUT2D eigenvalue weighted by Gasteiger charge is -2.19. The number of nitrogens with one attached hydrogen (secondary N) is 2. The first-order valence-electron chi connectivity index (χ1n) is 9.40. The van der Waals surface area contributed by atoms with Crippen molar-refractivity contribution in [2.75, 3.05) is 32.3 Å². The molecule has 2 aromatic rings. The molecule has 0 spiro atoms. The molecule has 2 aromatic carbocycles. The first kappa shape index (κ1) is 28.9. The number of phosphoric ester groups is 1. The summed E-state index contributed by atoms with van der Waals surface area (Å²) in [5.41, 5.74) is -4.59. The Labute approximate surface area is 199 Å². The highest BCUT2D eigenvalue weighted by molar-refractivity contribution is 7.48. The molecule has 0 aromatic heterocycles. The highest BCUT2D eigenvalue weighted by atomic mass is 35.5. The topological polar surface area (TPSA) is 106 Å². The van der Waals surface area contributed by atoms with Gasteiger partial charge in [0, 0.05) is 24.4 Å². The van der Waals surface area contributed by atoms with Crippen molar-refractivity contribution in [3.05, 3.63) is 58.1 Å². The summed E-state index contributed by atoms with van der Waals surface area (Å²) in [6.07, 6.45) is -10.3. The third-order valence-corrected chi connectivity index (χ3v) is 5.63. The Balaban J connectivity index is 2.38. The van der Waals surface area contributed by atoms with Crippen molar-refractivity contribution in [3.63, 3.8) is 0 Å². The fourth-order valence-corrected chi connectivity index (χ4v) is 3.55. The van der Waals surface area contributed by atoms with Crippen molar-refractivity contribution in [1.82, 2.24) is 5.32 Å². The monoisotopic (exact) mass is 550 g/mol. The maximum Gasteiger partial charge on any atom is 0.531 e. The predicted molar refractivity (Wildman–Crippen MR) is 112 cm³/mol. The molecule has 194 valence electrons. The summed E-state index contributed by atoms with van der Waals surface area (Å²) in [7, 11) is -3.39. The van der Waals surface area contributed by atoms with Crippen LogP contribution in [0.4, 0.5) is 32.0 Å². The van der Waals surface area contributed by atoms with E-state index >= 15 is 0 Å². The first-order chi connectivity index (χ1) is 16.2. The van der Waals surface area contributed by atoms with Gasteiger partial charge in [0.15, 0.2) is 0 Å². The molecule has 16 heteroatoms. The highest BCUT2D eigenvalue weighted by Crippen LogP contribution is 2.49. The number of aliphatic hydroxyl groups excluding tert-OH is 1. The molecule has 0 bridgehead atoms. The normalized spacial score (nSPS) is 13.9. The number of carbonyl (C=O) groups is 1. The predicted octanol–water partition coefficient (Wildman–Crippen LogP) is 5.32. The van der Waals surface area contributed by atoms with Crippen LogP contribution >= 0.6 is 19.4 Å². The fourth-order valence-electron chi connectivity index (χ4n) is 2.50. The minimum Gasteiger partial charge on any atom is -0.403 e. The maximum absolute atomic E-state index is 13.1. The van der Waals surface area contributed by atoms with E-state index in [1.165, 1.54) is 6.07 Å². The van der Waals surface area contributed by atoms with Crippen LogP contribution in [0.5, 0.6) is 5.75 Å². The Bertz CT molecular complexity index is 1070. The Morgan fingerprint density at radius 2 is 1.66 bits per heavy atom. The Morgan fingerprint density at radius 1 is 1.06 bits per heavy atom. The molecule has 35 heavy (non-hydrogen) atoms. The van der Waals surface area contributed by atoms with Gasteiger partial charge in [-0.1, -0.05) is 11.6 Å². The maximum atomic E-state index is 13.1. The smallest absolute Gasteiger partial charge is 0.403 e. The van der Waals surface area contributed by atoms with Gasteiger partial charge in [0.1, 0.15) is 12.5 Å². The van der Waals surface area contributed by atoms with Crippen molar-refractivity contribution in [2.45, 2.75) is 12.4 Å². The lowest BCUT2D eigenvalue weighted by Crippen LogP contribution is -2.22. The molecule has 2 rings (SSSR count). The van der Waals surface area contributed by atoms with E-state index in [1.54, 1.807) is 0 Å². The summed E-state index contributed by atoms with van der Waals surface area (Å²) in [5.74, 6) is -1.68. The van der Waals surface area contributed by atoms with E-state index in [0.29, 0.717) is 12.1 Å². The number of anilines is 1. The van der Waals surface area contributed by atoms with Crippen LogP contribution in [-0.4, -0.2) is 38.0 Å².